The molecule has 15 heteroatoms. The van der Waals surface area contributed by atoms with Crippen LogP contribution in [0.5, 0.6) is 0 Å². The van der Waals surface area contributed by atoms with Crippen molar-refractivity contribution in [3.8, 4) is 0 Å². The van der Waals surface area contributed by atoms with Crippen LogP contribution in [0.1, 0.15) is 34.5 Å². The van der Waals surface area contributed by atoms with E-state index in [9.17, 15) is 36.3 Å². The van der Waals surface area contributed by atoms with Gasteiger partial charge in [0.15, 0.2) is 0 Å². The zero-order chi connectivity index (χ0) is 29.7. The highest BCUT2D eigenvalue weighted by Crippen LogP contribution is 2.38. The molecule has 1 aromatic carbocycles. The molecule has 8 nitrogen and oxygen atoms in total. The van der Waals surface area contributed by atoms with Crippen LogP contribution in [0.15, 0.2) is 30.3 Å². The van der Waals surface area contributed by atoms with Gasteiger partial charge >= 0.3 is 6.18 Å². The van der Waals surface area contributed by atoms with Crippen LogP contribution in [0, 0.1) is 5.92 Å². The quantitative estimate of drug-likeness (QED) is 0.349. The fraction of sp³-hybridized carbons (Fsp3) is 0.500. The van der Waals surface area contributed by atoms with Crippen molar-refractivity contribution >= 4 is 52.0 Å². The Balaban J connectivity index is 1.60. The number of thiophene rings is 1. The van der Waals surface area contributed by atoms with Gasteiger partial charge in [-0.25, -0.2) is 8.78 Å². The van der Waals surface area contributed by atoms with E-state index >= 15 is 0 Å². The molecule has 1 saturated heterocycles. The number of amides is 3. The first kappa shape index (κ1) is 31.1. The number of nitrogens with zero attached hydrogens (tertiary/aromatic N) is 2. The highest BCUT2D eigenvalue weighted by molar-refractivity contribution is 7.18. The van der Waals surface area contributed by atoms with Crippen LogP contribution in [-0.4, -0.2) is 74.5 Å². The molecule has 2 aliphatic rings. The van der Waals surface area contributed by atoms with Crippen LogP contribution in [0.2, 0.25) is 4.34 Å². The summed E-state index contributed by atoms with van der Waals surface area (Å²) < 4.78 is 74.8. The molecule has 4 rings (SSSR count). The lowest BCUT2D eigenvalue weighted by molar-refractivity contribution is -0.137. The highest BCUT2D eigenvalue weighted by atomic mass is 35.5. The van der Waals surface area contributed by atoms with Crippen LogP contribution in [0.4, 0.5) is 33.3 Å². The third kappa shape index (κ3) is 8.15. The Labute approximate surface area is 241 Å². The van der Waals surface area contributed by atoms with E-state index in [0.717, 1.165) is 47.6 Å². The fourth-order valence-corrected chi connectivity index (χ4v) is 5.62. The Hall–Kier alpha value is -2.81. The van der Waals surface area contributed by atoms with Gasteiger partial charge in [-0.05, 0) is 49.1 Å². The van der Waals surface area contributed by atoms with Gasteiger partial charge in [0, 0.05) is 25.3 Å². The molecule has 1 aromatic heterocycles. The summed E-state index contributed by atoms with van der Waals surface area (Å²) in [4.78, 5) is 40.9. The number of morpholine rings is 1. The number of ether oxygens (including phenoxy) is 1. The third-order valence-corrected chi connectivity index (χ3v) is 8.18. The van der Waals surface area contributed by atoms with Crippen molar-refractivity contribution in [2.24, 2.45) is 5.92 Å². The van der Waals surface area contributed by atoms with Crippen molar-refractivity contribution in [2.75, 3.05) is 49.6 Å². The summed E-state index contributed by atoms with van der Waals surface area (Å²) in [7, 11) is 0. The van der Waals surface area contributed by atoms with E-state index in [1.807, 2.05) is 0 Å². The molecule has 2 fully saturated rings. The zero-order valence-corrected chi connectivity index (χ0v) is 23.3. The van der Waals surface area contributed by atoms with Gasteiger partial charge in [0.05, 0.1) is 33.6 Å². The largest absolute Gasteiger partial charge is 0.418 e. The molecule has 0 unspecified atom stereocenters. The predicted molar refractivity (Wildman–Crippen MR) is 144 cm³/mol. The number of benzene rings is 1. The number of carbonyl (C=O) groups excluding carboxylic acids is 3. The number of alkyl halides is 5. The monoisotopic (exact) mass is 622 g/mol. The number of hydrogen-bond donors (Lipinski definition) is 2. The number of anilines is 2. The number of halogens is 6. The van der Waals surface area contributed by atoms with Crippen molar-refractivity contribution in [1.82, 2.24) is 10.2 Å². The number of rotatable bonds is 11. The van der Waals surface area contributed by atoms with Gasteiger partial charge in [0.1, 0.15) is 12.6 Å². The van der Waals surface area contributed by atoms with Crippen molar-refractivity contribution in [2.45, 2.75) is 37.9 Å². The lowest BCUT2D eigenvalue weighted by atomic mass is 9.85. The topological polar surface area (TPSA) is 91.0 Å². The summed E-state index contributed by atoms with van der Waals surface area (Å²) >= 11 is 6.86. The Morgan fingerprint density at radius 2 is 1.95 bits per heavy atom. The third-order valence-electron chi connectivity index (χ3n) is 6.95. The van der Waals surface area contributed by atoms with Gasteiger partial charge in [0.2, 0.25) is 5.91 Å². The molecule has 0 bridgehead atoms. The first-order valence-electron chi connectivity index (χ1n) is 12.9. The van der Waals surface area contributed by atoms with Crippen LogP contribution in [-0.2, 0) is 20.5 Å². The van der Waals surface area contributed by atoms with Gasteiger partial charge < -0.3 is 20.3 Å². The Morgan fingerprint density at radius 1 is 1.20 bits per heavy atom. The maximum atomic E-state index is 14.1. The van der Waals surface area contributed by atoms with Crippen LogP contribution in [0.3, 0.4) is 0 Å². The van der Waals surface area contributed by atoms with E-state index in [1.165, 1.54) is 23.1 Å². The molecular formula is C26H28ClF5N4O4S. The second kappa shape index (κ2) is 13.4. The lowest BCUT2D eigenvalue weighted by Gasteiger charge is -2.36. The van der Waals surface area contributed by atoms with E-state index in [1.54, 1.807) is 0 Å². The average molecular weight is 623 g/mol. The molecule has 1 aliphatic heterocycles. The smallest absolute Gasteiger partial charge is 0.370 e. The maximum Gasteiger partial charge on any atom is 0.418 e. The molecule has 3 amide bonds. The van der Waals surface area contributed by atoms with Crippen LogP contribution < -0.4 is 15.5 Å². The molecule has 2 aromatic rings. The molecule has 1 saturated carbocycles. The minimum absolute atomic E-state index is 0.0219. The lowest BCUT2D eigenvalue weighted by Crippen LogP contribution is -2.54. The standard InChI is InChI=1S/C26H28ClF5N4O4S/c27-21-7-6-20(41-21)25(39)33-11-19(35(13-22(28)29)12-15-2-1-3-15)24(38)34-18-5-4-16(10-17(18)26(30,31)32)36-8-9-40-14-23(36)37/h4-7,10,15,19,22H,1-3,8-9,11-14H2,(H,33,39)(H,34,38)/t19-/m1/s1. The highest BCUT2D eigenvalue weighted by Gasteiger charge is 2.37. The van der Waals surface area contributed by atoms with Crippen molar-refractivity contribution in [3.63, 3.8) is 0 Å². The molecular weight excluding hydrogens is 595 g/mol. The van der Waals surface area contributed by atoms with Gasteiger partial charge in [-0.2, -0.15) is 13.2 Å². The molecule has 41 heavy (non-hydrogen) atoms. The Morgan fingerprint density at radius 3 is 2.54 bits per heavy atom. The summed E-state index contributed by atoms with van der Waals surface area (Å²) in [6.07, 6.45) is -5.28. The second-order valence-electron chi connectivity index (χ2n) is 9.79. The second-order valence-corrected chi connectivity index (χ2v) is 11.5. The fourth-order valence-electron chi connectivity index (χ4n) is 4.66. The molecule has 224 valence electrons. The Kier molecular flexibility index (Phi) is 10.2. The number of hydrogen-bond acceptors (Lipinski definition) is 6. The first-order valence-corrected chi connectivity index (χ1v) is 14.1. The number of carbonyl (C=O) groups is 3. The van der Waals surface area contributed by atoms with E-state index in [4.69, 9.17) is 16.3 Å². The molecule has 1 atom stereocenters. The predicted octanol–water partition coefficient (Wildman–Crippen LogP) is 4.89. The molecule has 2 N–H and O–H groups in total. The molecule has 2 heterocycles. The normalized spacial score (nSPS) is 17.1. The van der Waals surface area contributed by atoms with Gasteiger partial charge in [-0.3, -0.25) is 19.3 Å². The molecule has 0 spiro atoms. The summed E-state index contributed by atoms with van der Waals surface area (Å²) in [5.74, 6) is -2.06. The van der Waals surface area contributed by atoms with E-state index in [0.29, 0.717) is 4.34 Å². The maximum absolute atomic E-state index is 14.1. The van der Waals surface area contributed by atoms with Crippen molar-refractivity contribution in [1.29, 1.82) is 0 Å². The van der Waals surface area contributed by atoms with Gasteiger partial charge in [0.25, 0.3) is 18.2 Å². The Bertz CT molecular complexity index is 1260. The molecule has 1 aliphatic carbocycles. The van der Waals surface area contributed by atoms with Crippen molar-refractivity contribution in [3.05, 3.63) is 45.1 Å². The van der Waals surface area contributed by atoms with Crippen LogP contribution in [0.25, 0.3) is 0 Å². The van der Waals surface area contributed by atoms with Crippen molar-refractivity contribution < 1.29 is 41.1 Å². The summed E-state index contributed by atoms with van der Waals surface area (Å²) in [5.41, 5.74) is -1.83. The minimum Gasteiger partial charge on any atom is -0.370 e. The van der Waals surface area contributed by atoms with Gasteiger partial charge in [-0.1, -0.05) is 18.0 Å². The van der Waals surface area contributed by atoms with E-state index < -0.39 is 60.7 Å². The summed E-state index contributed by atoms with van der Waals surface area (Å²) in [5, 5.41) is 4.78. The van der Waals surface area contributed by atoms with E-state index in [-0.39, 0.29) is 42.8 Å². The summed E-state index contributed by atoms with van der Waals surface area (Å²) in [6.45, 7) is -1.18. The average Bonchev–Trinajstić information content (AvgIpc) is 3.32. The first-order chi connectivity index (χ1) is 19.4. The van der Waals surface area contributed by atoms with Crippen LogP contribution >= 0.6 is 22.9 Å². The van der Waals surface area contributed by atoms with E-state index in [2.05, 4.69) is 10.6 Å². The minimum atomic E-state index is -4.91. The number of nitrogens with one attached hydrogen (secondary N) is 2. The molecule has 0 radical (unpaired) electrons. The SMILES string of the molecule is O=C(NC[C@H](C(=O)Nc1ccc(N2CCOCC2=O)cc1C(F)(F)F)N(CC(F)F)CC1CCC1)c1ccc(Cl)s1. The van der Waals surface area contributed by atoms with Gasteiger partial charge in [-0.15, -0.1) is 11.3 Å². The zero-order valence-electron chi connectivity index (χ0n) is 21.7. The summed E-state index contributed by atoms with van der Waals surface area (Å²) in [6, 6.07) is 4.59.